The van der Waals surface area contributed by atoms with E-state index in [0.29, 0.717) is 11.1 Å². The summed E-state index contributed by atoms with van der Waals surface area (Å²) < 4.78 is 4.93. The van der Waals surface area contributed by atoms with Crippen LogP contribution in [0, 0.1) is 24.0 Å². The van der Waals surface area contributed by atoms with Crippen LogP contribution in [0.1, 0.15) is 21.5 Å². The molecule has 2 aromatic carbocycles. The average Bonchev–Trinajstić information content (AvgIpc) is 2.54. The van der Waals surface area contributed by atoms with Gasteiger partial charge in [-0.05, 0) is 32.0 Å². The number of nitro groups is 1. The highest BCUT2D eigenvalue weighted by atomic mass is 16.6. The van der Waals surface area contributed by atoms with Gasteiger partial charge in [0.15, 0.2) is 6.61 Å². The SMILES string of the molecule is Cc1cccc(C(=O)OCC(=O)Nc2ccc(C)c([N+](=O)[O-])c2)c1. The number of carbonyl (C=O) groups is 2. The Hall–Kier alpha value is -3.22. The first-order chi connectivity index (χ1) is 11.4. The largest absolute Gasteiger partial charge is 0.452 e. The van der Waals surface area contributed by atoms with Crippen molar-refractivity contribution in [3.05, 3.63) is 69.3 Å². The minimum absolute atomic E-state index is 0.0930. The van der Waals surface area contributed by atoms with Crippen molar-refractivity contribution in [1.82, 2.24) is 0 Å². The molecule has 124 valence electrons. The van der Waals surface area contributed by atoms with E-state index in [9.17, 15) is 19.7 Å². The van der Waals surface area contributed by atoms with Crippen molar-refractivity contribution in [2.24, 2.45) is 0 Å². The fourth-order valence-corrected chi connectivity index (χ4v) is 2.07. The van der Waals surface area contributed by atoms with Crippen LogP contribution in [0.25, 0.3) is 0 Å². The lowest BCUT2D eigenvalue weighted by molar-refractivity contribution is -0.385. The van der Waals surface area contributed by atoms with Crippen LogP contribution in [0.4, 0.5) is 11.4 Å². The van der Waals surface area contributed by atoms with Gasteiger partial charge in [0.1, 0.15) is 0 Å². The van der Waals surface area contributed by atoms with Crippen molar-refractivity contribution in [3.8, 4) is 0 Å². The average molecular weight is 328 g/mol. The summed E-state index contributed by atoms with van der Waals surface area (Å²) in [7, 11) is 0. The van der Waals surface area contributed by atoms with Gasteiger partial charge >= 0.3 is 5.97 Å². The maximum atomic E-state index is 11.9. The van der Waals surface area contributed by atoms with E-state index in [1.165, 1.54) is 12.1 Å². The molecule has 7 nitrogen and oxygen atoms in total. The number of nitro benzene ring substituents is 1. The molecule has 0 fully saturated rings. The summed E-state index contributed by atoms with van der Waals surface area (Å²) >= 11 is 0. The van der Waals surface area contributed by atoms with Gasteiger partial charge in [0, 0.05) is 17.3 Å². The standard InChI is InChI=1S/C17H16N2O5/c1-11-4-3-5-13(8-11)17(21)24-10-16(20)18-14-7-6-12(2)15(9-14)19(22)23/h3-9H,10H2,1-2H3,(H,18,20). The second-order valence-corrected chi connectivity index (χ2v) is 5.25. The van der Waals surface area contributed by atoms with Crippen LogP contribution in [-0.4, -0.2) is 23.4 Å². The molecular formula is C17H16N2O5. The van der Waals surface area contributed by atoms with E-state index in [2.05, 4.69) is 5.32 Å². The van der Waals surface area contributed by atoms with E-state index in [-0.39, 0.29) is 11.4 Å². The van der Waals surface area contributed by atoms with Gasteiger partial charge in [0.25, 0.3) is 11.6 Å². The van der Waals surface area contributed by atoms with Gasteiger partial charge in [-0.15, -0.1) is 0 Å². The van der Waals surface area contributed by atoms with Crippen molar-refractivity contribution in [1.29, 1.82) is 0 Å². The Kier molecular flexibility index (Phi) is 5.26. The fraction of sp³-hybridized carbons (Fsp3) is 0.176. The highest BCUT2D eigenvalue weighted by Gasteiger charge is 2.14. The van der Waals surface area contributed by atoms with Gasteiger partial charge < -0.3 is 10.1 Å². The molecule has 0 unspecified atom stereocenters. The van der Waals surface area contributed by atoms with Gasteiger partial charge in [0.05, 0.1) is 10.5 Å². The zero-order valence-corrected chi connectivity index (χ0v) is 13.2. The zero-order valence-electron chi connectivity index (χ0n) is 13.2. The third kappa shape index (κ3) is 4.39. The smallest absolute Gasteiger partial charge is 0.338 e. The Morgan fingerprint density at radius 1 is 1.17 bits per heavy atom. The summed E-state index contributed by atoms with van der Waals surface area (Å²) in [4.78, 5) is 34.0. The lowest BCUT2D eigenvalue weighted by atomic mass is 10.1. The lowest BCUT2D eigenvalue weighted by Gasteiger charge is -2.07. The second-order valence-electron chi connectivity index (χ2n) is 5.25. The van der Waals surface area contributed by atoms with Crippen LogP contribution >= 0.6 is 0 Å². The fourth-order valence-electron chi connectivity index (χ4n) is 2.07. The van der Waals surface area contributed by atoms with Crippen LogP contribution in [-0.2, 0) is 9.53 Å². The number of esters is 1. The second kappa shape index (κ2) is 7.36. The van der Waals surface area contributed by atoms with Crippen molar-refractivity contribution in [2.45, 2.75) is 13.8 Å². The molecule has 0 aliphatic heterocycles. The summed E-state index contributed by atoms with van der Waals surface area (Å²) in [6.07, 6.45) is 0. The number of hydrogen-bond acceptors (Lipinski definition) is 5. The van der Waals surface area contributed by atoms with Crippen LogP contribution in [0.5, 0.6) is 0 Å². The highest BCUT2D eigenvalue weighted by molar-refractivity contribution is 5.95. The van der Waals surface area contributed by atoms with Crippen molar-refractivity contribution in [3.63, 3.8) is 0 Å². The van der Waals surface area contributed by atoms with Crippen LogP contribution in [0.3, 0.4) is 0 Å². The number of aryl methyl sites for hydroxylation is 2. The van der Waals surface area contributed by atoms with E-state index in [1.807, 2.05) is 13.0 Å². The van der Waals surface area contributed by atoms with E-state index < -0.39 is 23.4 Å². The van der Waals surface area contributed by atoms with Crippen molar-refractivity contribution < 1.29 is 19.2 Å². The van der Waals surface area contributed by atoms with Crippen LogP contribution < -0.4 is 5.32 Å². The molecule has 0 aliphatic rings. The van der Waals surface area contributed by atoms with Gasteiger partial charge in [-0.25, -0.2) is 4.79 Å². The minimum Gasteiger partial charge on any atom is -0.452 e. The third-order valence-corrected chi connectivity index (χ3v) is 3.28. The van der Waals surface area contributed by atoms with Crippen molar-refractivity contribution >= 4 is 23.3 Å². The van der Waals surface area contributed by atoms with E-state index in [4.69, 9.17) is 4.74 Å². The minimum atomic E-state index is -0.608. The molecule has 1 N–H and O–H groups in total. The Labute approximate surface area is 138 Å². The zero-order chi connectivity index (χ0) is 17.7. The number of rotatable bonds is 5. The number of nitrogens with one attached hydrogen (secondary N) is 1. The van der Waals surface area contributed by atoms with E-state index in [0.717, 1.165) is 5.56 Å². The number of hydrogen-bond donors (Lipinski definition) is 1. The number of benzene rings is 2. The molecule has 0 aliphatic carbocycles. The van der Waals surface area contributed by atoms with Gasteiger partial charge in [-0.3, -0.25) is 14.9 Å². The maximum Gasteiger partial charge on any atom is 0.338 e. The molecule has 0 bridgehead atoms. The molecule has 24 heavy (non-hydrogen) atoms. The van der Waals surface area contributed by atoms with E-state index >= 15 is 0 Å². The molecule has 2 rings (SSSR count). The maximum absolute atomic E-state index is 11.9. The molecule has 1 amide bonds. The van der Waals surface area contributed by atoms with Crippen molar-refractivity contribution in [2.75, 3.05) is 11.9 Å². The first-order valence-corrected chi connectivity index (χ1v) is 7.15. The summed E-state index contributed by atoms with van der Waals surface area (Å²) in [6.45, 7) is 2.97. The lowest BCUT2D eigenvalue weighted by Crippen LogP contribution is -2.21. The molecule has 2 aromatic rings. The predicted molar refractivity (Wildman–Crippen MR) is 87.9 cm³/mol. The summed E-state index contributed by atoms with van der Waals surface area (Å²) in [5, 5.41) is 13.3. The van der Waals surface area contributed by atoms with Crippen LogP contribution in [0.15, 0.2) is 42.5 Å². The topological polar surface area (TPSA) is 98.5 Å². The summed E-state index contributed by atoms with van der Waals surface area (Å²) in [6, 6.07) is 11.1. The Morgan fingerprint density at radius 3 is 2.58 bits per heavy atom. The van der Waals surface area contributed by atoms with Gasteiger partial charge in [-0.1, -0.05) is 23.8 Å². The van der Waals surface area contributed by atoms with Gasteiger partial charge in [-0.2, -0.15) is 0 Å². The van der Waals surface area contributed by atoms with Crippen LogP contribution in [0.2, 0.25) is 0 Å². The highest BCUT2D eigenvalue weighted by Crippen LogP contribution is 2.22. The number of carbonyl (C=O) groups excluding carboxylic acids is 2. The third-order valence-electron chi connectivity index (χ3n) is 3.28. The molecule has 0 saturated heterocycles. The molecule has 0 spiro atoms. The Balaban J connectivity index is 1.95. The molecular weight excluding hydrogens is 312 g/mol. The first-order valence-electron chi connectivity index (χ1n) is 7.15. The van der Waals surface area contributed by atoms with Gasteiger partial charge in [0.2, 0.25) is 0 Å². The molecule has 0 aromatic heterocycles. The summed E-state index contributed by atoms with van der Waals surface area (Å²) in [5.74, 6) is -1.18. The molecule has 0 saturated carbocycles. The number of ether oxygens (including phenoxy) is 1. The Bertz CT molecular complexity index is 801. The predicted octanol–water partition coefficient (Wildman–Crippen LogP) is 3.01. The summed E-state index contributed by atoms with van der Waals surface area (Å²) in [5.41, 5.74) is 1.92. The monoisotopic (exact) mass is 328 g/mol. The normalized spacial score (nSPS) is 10.1. The Morgan fingerprint density at radius 2 is 1.92 bits per heavy atom. The number of nitrogens with zero attached hydrogens (tertiary/aromatic N) is 1. The first kappa shape index (κ1) is 17.1. The number of anilines is 1. The molecule has 0 heterocycles. The molecule has 0 atom stereocenters. The van der Waals surface area contributed by atoms with E-state index in [1.54, 1.807) is 31.2 Å². The quantitative estimate of drug-likeness (QED) is 0.517. The number of amides is 1. The molecule has 0 radical (unpaired) electrons. The molecule has 7 heteroatoms.